The van der Waals surface area contributed by atoms with Gasteiger partial charge in [0.05, 0.1) is 6.61 Å². The molecule has 15 heavy (non-hydrogen) atoms. The largest absolute Gasteiger partial charge is 0.381 e. The van der Waals surface area contributed by atoms with Crippen molar-refractivity contribution in [3.8, 4) is 0 Å². The summed E-state index contributed by atoms with van der Waals surface area (Å²) in [6, 6.07) is 0. The monoisotopic (exact) mass is 229 g/mol. The number of hydrogen-bond donors (Lipinski definition) is 1. The molecule has 2 aliphatic heterocycles. The van der Waals surface area contributed by atoms with Crippen LogP contribution in [0.5, 0.6) is 0 Å². The van der Waals surface area contributed by atoms with Crippen molar-refractivity contribution >= 4 is 11.8 Å². The molecule has 2 saturated heterocycles. The highest BCUT2D eigenvalue weighted by molar-refractivity contribution is 8.00. The first kappa shape index (κ1) is 11.7. The molecule has 0 bridgehead atoms. The minimum Gasteiger partial charge on any atom is -0.381 e. The highest BCUT2D eigenvalue weighted by atomic mass is 32.2. The summed E-state index contributed by atoms with van der Waals surface area (Å²) >= 11 is 2.14. The van der Waals surface area contributed by atoms with Crippen LogP contribution in [-0.4, -0.2) is 36.8 Å². The third-order valence-electron chi connectivity index (χ3n) is 3.49. The molecule has 0 spiro atoms. The second-order valence-electron chi connectivity index (χ2n) is 5.12. The summed E-state index contributed by atoms with van der Waals surface area (Å²) in [6.45, 7) is 6.67. The van der Waals surface area contributed by atoms with Crippen LogP contribution >= 0.6 is 11.8 Å². The van der Waals surface area contributed by atoms with Crippen molar-refractivity contribution in [1.82, 2.24) is 5.32 Å². The zero-order valence-corrected chi connectivity index (χ0v) is 10.6. The van der Waals surface area contributed by atoms with Crippen LogP contribution in [0.25, 0.3) is 0 Å². The topological polar surface area (TPSA) is 21.3 Å². The van der Waals surface area contributed by atoms with E-state index < -0.39 is 0 Å². The van der Waals surface area contributed by atoms with E-state index in [1.54, 1.807) is 0 Å². The predicted molar refractivity (Wildman–Crippen MR) is 66.5 cm³/mol. The number of rotatable bonds is 4. The molecule has 2 aliphatic rings. The van der Waals surface area contributed by atoms with Gasteiger partial charge in [-0.25, -0.2) is 0 Å². The molecular weight excluding hydrogens is 206 g/mol. The molecule has 0 saturated carbocycles. The van der Waals surface area contributed by atoms with Crippen LogP contribution in [0.3, 0.4) is 0 Å². The van der Waals surface area contributed by atoms with E-state index in [0.717, 1.165) is 25.7 Å². The van der Waals surface area contributed by atoms with Gasteiger partial charge in [0, 0.05) is 24.4 Å². The fourth-order valence-corrected chi connectivity index (χ4v) is 3.76. The summed E-state index contributed by atoms with van der Waals surface area (Å²) in [5.74, 6) is 2.11. The Morgan fingerprint density at radius 2 is 2.40 bits per heavy atom. The summed E-state index contributed by atoms with van der Waals surface area (Å²) in [5, 5.41) is 3.64. The molecule has 0 amide bonds. The molecule has 0 radical (unpaired) electrons. The van der Waals surface area contributed by atoms with Gasteiger partial charge in [-0.15, -0.1) is 0 Å². The van der Waals surface area contributed by atoms with E-state index in [-0.39, 0.29) is 0 Å². The Bertz CT molecular complexity index is 186. The molecule has 2 rings (SSSR count). The standard InChI is InChI=1S/C12H23NOS/c1-12(5-3-7-15-12)10-13-8-11-4-2-6-14-9-11/h11,13H,2-10H2,1H3. The van der Waals surface area contributed by atoms with Crippen molar-refractivity contribution in [2.45, 2.75) is 37.4 Å². The van der Waals surface area contributed by atoms with Gasteiger partial charge in [-0.05, 0) is 44.3 Å². The van der Waals surface area contributed by atoms with Crippen molar-refractivity contribution in [1.29, 1.82) is 0 Å². The Labute approximate surface area is 97.5 Å². The molecule has 2 nitrogen and oxygen atoms in total. The van der Waals surface area contributed by atoms with Gasteiger partial charge in [-0.3, -0.25) is 0 Å². The summed E-state index contributed by atoms with van der Waals surface area (Å²) in [4.78, 5) is 0. The Hall–Kier alpha value is 0.270. The van der Waals surface area contributed by atoms with Gasteiger partial charge in [0.1, 0.15) is 0 Å². The third kappa shape index (κ3) is 3.65. The number of ether oxygens (including phenoxy) is 1. The molecule has 2 fully saturated rings. The zero-order valence-electron chi connectivity index (χ0n) is 9.76. The molecule has 2 unspecified atom stereocenters. The van der Waals surface area contributed by atoms with E-state index in [1.165, 1.54) is 38.0 Å². The Balaban J connectivity index is 1.61. The van der Waals surface area contributed by atoms with Gasteiger partial charge >= 0.3 is 0 Å². The van der Waals surface area contributed by atoms with Gasteiger partial charge in [-0.2, -0.15) is 11.8 Å². The van der Waals surface area contributed by atoms with E-state index in [2.05, 4.69) is 24.0 Å². The second-order valence-corrected chi connectivity index (χ2v) is 6.80. The molecule has 0 aromatic carbocycles. The second kappa shape index (κ2) is 5.55. The van der Waals surface area contributed by atoms with Crippen molar-refractivity contribution in [2.24, 2.45) is 5.92 Å². The van der Waals surface area contributed by atoms with Crippen LogP contribution < -0.4 is 5.32 Å². The molecular formula is C12H23NOS. The van der Waals surface area contributed by atoms with Crippen molar-refractivity contribution in [2.75, 3.05) is 32.1 Å². The Morgan fingerprint density at radius 1 is 1.47 bits per heavy atom. The van der Waals surface area contributed by atoms with E-state index in [0.29, 0.717) is 4.75 Å². The highest BCUT2D eigenvalue weighted by Gasteiger charge is 2.29. The molecule has 0 aromatic heterocycles. The first-order valence-electron chi connectivity index (χ1n) is 6.21. The lowest BCUT2D eigenvalue weighted by Gasteiger charge is -2.26. The van der Waals surface area contributed by atoms with Crippen LogP contribution in [-0.2, 0) is 4.74 Å². The number of nitrogens with one attached hydrogen (secondary N) is 1. The minimum absolute atomic E-state index is 0.509. The molecule has 0 aliphatic carbocycles. The number of thioether (sulfide) groups is 1. The van der Waals surface area contributed by atoms with Gasteiger partial charge in [0.25, 0.3) is 0 Å². The summed E-state index contributed by atoms with van der Waals surface area (Å²) in [7, 11) is 0. The van der Waals surface area contributed by atoms with Crippen molar-refractivity contribution < 1.29 is 4.74 Å². The summed E-state index contributed by atoms with van der Waals surface area (Å²) in [5.41, 5.74) is 0. The molecule has 88 valence electrons. The van der Waals surface area contributed by atoms with Gasteiger partial charge in [-0.1, -0.05) is 0 Å². The number of hydrogen-bond acceptors (Lipinski definition) is 3. The maximum atomic E-state index is 5.48. The highest BCUT2D eigenvalue weighted by Crippen LogP contribution is 2.36. The predicted octanol–water partition coefficient (Wildman–Crippen LogP) is 2.29. The normalized spacial score (nSPS) is 37.0. The zero-order chi connectivity index (χ0) is 10.6. The average Bonchev–Trinajstić information content (AvgIpc) is 2.67. The van der Waals surface area contributed by atoms with E-state index >= 15 is 0 Å². The maximum Gasteiger partial charge on any atom is 0.0506 e. The van der Waals surface area contributed by atoms with E-state index in [9.17, 15) is 0 Å². The lowest BCUT2D eigenvalue weighted by molar-refractivity contribution is 0.0547. The van der Waals surface area contributed by atoms with Crippen LogP contribution in [0, 0.1) is 5.92 Å². The molecule has 2 atom stereocenters. The average molecular weight is 229 g/mol. The van der Waals surface area contributed by atoms with Crippen LogP contribution in [0.2, 0.25) is 0 Å². The van der Waals surface area contributed by atoms with E-state index in [1.807, 2.05) is 0 Å². The smallest absolute Gasteiger partial charge is 0.0506 e. The molecule has 2 heterocycles. The fraction of sp³-hybridized carbons (Fsp3) is 1.00. The summed E-state index contributed by atoms with van der Waals surface area (Å²) < 4.78 is 5.99. The molecule has 1 N–H and O–H groups in total. The third-order valence-corrected chi connectivity index (χ3v) is 5.03. The van der Waals surface area contributed by atoms with Crippen LogP contribution in [0.15, 0.2) is 0 Å². The fourth-order valence-electron chi connectivity index (χ4n) is 2.49. The maximum absolute atomic E-state index is 5.48. The Morgan fingerprint density at radius 3 is 3.07 bits per heavy atom. The van der Waals surface area contributed by atoms with Crippen LogP contribution in [0.4, 0.5) is 0 Å². The summed E-state index contributed by atoms with van der Waals surface area (Å²) in [6.07, 6.45) is 5.37. The van der Waals surface area contributed by atoms with E-state index in [4.69, 9.17) is 4.74 Å². The van der Waals surface area contributed by atoms with Crippen LogP contribution in [0.1, 0.15) is 32.6 Å². The lowest BCUT2D eigenvalue weighted by Crippen LogP contribution is -2.37. The van der Waals surface area contributed by atoms with Gasteiger partial charge < -0.3 is 10.1 Å². The van der Waals surface area contributed by atoms with Crippen molar-refractivity contribution in [3.63, 3.8) is 0 Å². The van der Waals surface area contributed by atoms with Gasteiger partial charge in [0.15, 0.2) is 0 Å². The first-order valence-corrected chi connectivity index (χ1v) is 7.19. The lowest BCUT2D eigenvalue weighted by atomic mass is 10.0. The quantitative estimate of drug-likeness (QED) is 0.799. The first-order chi connectivity index (χ1) is 7.29. The van der Waals surface area contributed by atoms with Gasteiger partial charge in [0.2, 0.25) is 0 Å². The van der Waals surface area contributed by atoms with Crippen molar-refractivity contribution in [3.05, 3.63) is 0 Å². The molecule has 3 heteroatoms. The molecule has 0 aromatic rings. The Kier molecular flexibility index (Phi) is 4.35. The SMILES string of the molecule is CC1(CNCC2CCCOC2)CCCS1. The minimum atomic E-state index is 0.509.